The fourth-order valence-corrected chi connectivity index (χ4v) is 2.93. The lowest BCUT2D eigenvalue weighted by Crippen LogP contribution is -2.08. The predicted molar refractivity (Wildman–Crippen MR) is 87.9 cm³/mol. The van der Waals surface area contributed by atoms with E-state index < -0.39 is 5.97 Å². The van der Waals surface area contributed by atoms with Gasteiger partial charge in [0.2, 0.25) is 5.78 Å². The zero-order valence-electron chi connectivity index (χ0n) is 12.0. The molecule has 3 aromatic carbocycles. The van der Waals surface area contributed by atoms with Crippen molar-refractivity contribution in [2.24, 2.45) is 4.99 Å². The monoisotopic (exact) mass is 301 g/mol. The summed E-state index contributed by atoms with van der Waals surface area (Å²) >= 11 is 0. The zero-order valence-corrected chi connectivity index (χ0v) is 12.0. The van der Waals surface area contributed by atoms with Crippen molar-refractivity contribution in [1.29, 1.82) is 0 Å². The lowest BCUT2D eigenvalue weighted by atomic mass is 10.1. The summed E-state index contributed by atoms with van der Waals surface area (Å²) < 4.78 is 0. The number of ketones is 1. The van der Waals surface area contributed by atoms with Crippen LogP contribution >= 0.6 is 0 Å². The van der Waals surface area contributed by atoms with Gasteiger partial charge < -0.3 is 5.11 Å². The molecule has 0 saturated heterocycles. The number of carbonyl (C=O) groups is 2. The van der Waals surface area contributed by atoms with Gasteiger partial charge in [-0.05, 0) is 23.6 Å². The highest BCUT2D eigenvalue weighted by molar-refractivity contribution is 6.59. The van der Waals surface area contributed by atoms with Crippen LogP contribution in [0.4, 0.5) is 5.69 Å². The molecule has 4 rings (SSSR count). The maximum atomic E-state index is 12.7. The lowest BCUT2D eigenvalue weighted by Gasteiger charge is -2.01. The predicted octanol–water partition coefficient (Wildman–Crippen LogP) is 3.86. The molecule has 0 amide bonds. The van der Waals surface area contributed by atoms with Crippen LogP contribution in [0.3, 0.4) is 0 Å². The number of hydrogen-bond donors (Lipinski definition) is 1. The number of carboxylic acids is 1. The first-order valence-electron chi connectivity index (χ1n) is 7.14. The Morgan fingerprint density at radius 3 is 2.35 bits per heavy atom. The molecule has 110 valence electrons. The second-order valence-corrected chi connectivity index (χ2v) is 5.35. The second-order valence-electron chi connectivity index (χ2n) is 5.35. The molecule has 4 heteroatoms. The summed E-state index contributed by atoms with van der Waals surface area (Å²) in [4.78, 5) is 28.2. The van der Waals surface area contributed by atoms with Crippen molar-refractivity contribution in [3.63, 3.8) is 0 Å². The Labute approximate surface area is 131 Å². The first-order chi connectivity index (χ1) is 11.1. The number of benzene rings is 3. The second kappa shape index (κ2) is 4.88. The van der Waals surface area contributed by atoms with E-state index in [1.807, 2.05) is 30.3 Å². The lowest BCUT2D eigenvalue weighted by molar-refractivity contribution is 0.0696. The third-order valence-electron chi connectivity index (χ3n) is 3.95. The summed E-state index contributed by atoms with van der Waals surface area (Å²) in [5, 5.41) is 11.0. The smallest absolute Gasteiger partial charge is 0.335 e. The van der Waals surface area contributed by atoms with Crippen LogP contribution in [0.15, 0.2) is 65.7 Å². The number of rotatable bonds is 2. The average molecular weight is 301 g/mol. The molecule has 1 aliphatic rings. The summed E-state index contributed by atoms with van der Waals surface area (Å²) in [6.07, 6.45) is 0. The van der Waals surface area contributed by atoms with E-state index in [2.05, 4.69) is 4.99 Å². The Morgan fingerprint density at radius 2 is 1.61 bits per heavy atom. The Bertz CT molecular complexity index is 1010. The van der Waals surface area contributed by atoms with E-state index >= 15 is 0 Å². The van der Waals surface area contributed by atoms with Crippen molar-refractivity contribution >= 4 is 33.9 Å². The van der Waals surface area contributed by atoms with Gasteiger partial charge in [-0.15, -0.1) is 0 Å². The van der Waals surface area contributed by atoms with E-state index in [0.717, 1.165) is 16.3 Å². The van der Waals surface area contributed by atoms with Crippen LogP contribution in [0, 0.1) is 0 Å². The van der Waals surface area contributed by atoms with Gasteiger partial charge in [-0.2, -0.15) is 0 Å². The Balaban J connectivity index is 1.92. The van der Waals surface area contributed by atoms with Crippen molar-refractivity contribution in [3.8, 4) is 0 Å². The van der Waals surface area contributed by atoms with E-state index in [1.54, 1.807) is 18.2 Å². The van der Waals surface area contributed by atoms with Crippen LogP contribution in [-0.2, 0) is 0 Å². The molecule has 0 atom stereocenters. The zero-order chi connectivity index (χ0) is 16.0. The maximum absolute atomic E-state index is 12.7. The van der Waals surface area contributed by atoms with Crippen molar-refractivity contribution in [2.45, 2.75) is 0 Å². The fraction of sp³-hybridized carbons (Fsp3) is 0. The highest BCUT2D eigenvalue weighted by Gasteiger charge is 2.28. The minimum atomic E-state index is -1.02. The minimum absolute atomic E-state index is 0.127. The topological polar surface area (TPSA) is 66.7 Å². The Hall–Kier alpha value is -3.27. The average Bonchev–Trinajstić information content (AvgIpc) is 2.83. The highest BCUT2D eigenvalue weighted by atomic mass is 16.4. The van der Waals surface area contributed by atoms with Crippen molar-refractivity contribution < 1.29 is 14.7 Å². The van der Waals surface area contributed by atoms with Crippen molar-refractivity contribution in [1.82, 2.24) is 0 Å². The number of Topliss-reactive ketones (excluding diaryl/α,β-unsaturated/α-hetero) is 1. The van der Waals surface area contributed by atoms with E-state index in [1.165, 1.54) is 12.1 Å². The third kappa shape index (κ3) is 2.04. The Kier molecular flexibility index (Phi) is 2.84. The van der Waals surface area contributed by atoms with E-state index in [-0.39, 0.29) is 11.3 Å². The van der Waals surface area contributed by atoms with Gasteiger partial charge in [0.25, 0.3) is 0 Å². The van der Waals surface area contributed by atoms with Crippen LogP contribution in [0.1, 0.15) is 26.3 Å². The summed E-state index contributed by atoms with van der Waals surface area (Å²) in [6.45, 7) is 0. The molecule has 0 bridgehead atoms. The van der Waals surface area contributed by atoms with Gasteiger partial charge in [-0.25, -0.2) is 9.79 Å². The number of aromatic carboxylic acids is 1. The third-order valence-corrected chi connectivity index (χ3v) is 3.95. The number of carbonyl (C=O) groups excluding carboxylic acids is 1. The summed E-state index contributed by atoms with van der Waals surface area (Å²) in [5.41, 5.74) is 2.40. The van der Waals surface area contributed by atoms with Crippen molar-refractivity contribution in [3.05, 3.63) is 77.4 Å². The molecule has 4 nitrogen and oxygen atoms in total. The van der Waals surface area contributed by atoms with E-state index in [9.17, 15) is 9.59 Å². The summed E-state index contributed by atoms with van der Waals surface area (Å²) in [5.74, 6) is -1.15. The molecule has 1 N–H and O–H groups in total. The molecule has 23 heavy (non-hydrogen) atoms. The van der Waals surface area contributed by atoms with Crippen LogP contribution in [0.5, 0.6) is 0 Å². The van der Waals surface area contributed by atoms with Gasteiger partial charge in [0.1, 0.15) is 5.71 Å². The molecule has 0 unspecified atom stereocenters. The van der Waals surface area contributed by atoms with Gasteiger partial charge in [0.15, 0.2) is 0 Å². The largest absolute Gasteiger partial charge is 0.478 e. The molecule has 0 heterocycles. The number of carboxylic acid groups (broad SMARTS) is 1. The number of nitrogens with zero attached hydrogens (tertiary/aromatic N) is 1. The number of hydrogen-bond acceptors (Lipinski definition) is 3. The maximum Gasteiger partial charge on any atom is 0.335 e. The van der Waals surface area contributed by atoms with Gasteiger partial charge in [-0.3, -0.25) is 4.79 Å². The molecular weight excluding hydrogens is 290 g/mol. The SMILES string of the molecule is O=C(O)c1cccc(/N=C2\C(=O)c3cccc4cccc2c34)c1. The molecule has 0 aliphatic heterocycles. The molecule has 0 saturated carbocycles. The highest BCUT2D eigenvalue weighted by Crippen LogP contribution is 2.32. The van der Waals surface area contributed by atoms with Gasteiger partial charge >= 0.3 is 5.97 Å². The standard InChI is InChI=1S/C19H11NO3/c21-18-15-9-3-5-11-4-2-8-14(16(11)15)17(18)20-13-7-1-6-12(10-13)19(22)23/h1-10H,(H,22,23)/b20-17-. The molecule has 0 fully saturated rings. The van der Waals surface area contributed by atoms with Gasteiger partial charge in [0.05, 0.1) is 11.3 Å². The molecule has 0 aromatic heterocycles. The van der Waals surface area contributed by atoms with Gasteiger partial charge in [-0.1, -0.05) is 42.5 Å². The first-order valence-corrected chi connectivity index (χ1v) is 7.14. The summed E-state index contributed by atoms with van der Waals surface area (Å²) in [7, 11) is 0. The Morgan fingerprint density at radius 1 is 0.913 bits per heavy atom. The summed E-state index contributed by atoms with van der Waals surface area (Å²) in [6, 6.07) is 17.6. The molecule has 0 radical (unpaired) electrons. The minimum Gasteiger partial charge on any atom is -0.478 e. The van der Waals surface area contributed by atoms with Crippen LogP contribution in [0.2, 0.25) is 0 Å². The first kappa shape index (κ1) is 13.4. The van der Waals surface area contributed by atoms with E-state index in [0.29, 0.717) is 17.0 Å². The molecule has 3 aromatic rings. The van der Waals surface area contributed by atoms with Crippen LogP contribution < -0.4 is 0 Å². The van der Waals surface area contributed by atoms with Crippen LogP contribution in [-0.4, -0.2) is 22.6 Å². The van der Waals surface area contributed by atoms with E-state index in [4.69, 9.17) is 5.11 Å². The quantitative estimate of drug-likeness (QED) is 0.781. The molecule has 0 spiro atoms. The molecular formula is C19H11NO3. The normalized spacial score (nSPS) is 14.6. The van der Waals surface area contributed by atoms with Crippen molar-refractivity contribution in [2.75, 3.05) is 0 Å². The van der Waals surface area contributed by atoms with Crippen LogP contribution in [0.25, 0.3) is 10.8 Å². The number of aliphatic imine (C=N–C) groups is 1. The fourth-order valence-electron chi connectivity index (χ4n) is 2.93. The van der Waals surface area contributed by atoms with Gasteiger partial charge in [0, 0.05) is 16.5 Å². The molecule has 1 aliphatic carbocycles.